The van der Waals surface area contributed by atoms with Crippen LogP contribution in [-0.2, 0) is 0 Å². The standard InChI is InChI=1S/C21H25NO2/c1-23-20-9-5-3-7-16(20)18-13-11-15-12-14-19(22(15)18)17-8-4-6-10-21(17)24-2/h3-10,15,18-19H,11-14H2,1-2H3/t18-,19-/m0/s1. The van der Waals surface area contributed by atoms with Gasteiger partial charge < -0.3 is 9.47 Å². The van der Waals surface area contributed by atoms with E-state index in [2.05, 4.69) is 53.4 Å². The summed E-state index contributed by atoms with van der Waals surface area (Å²) in [5.74, 6) is 2.02. The van der Waals surface area contributed by atoms with Gasteiger partial charge in [0.1, 0.15) is 11.5 Å². The Balaban J connectivity index is 1.72. The number of benzene rings is 2. The van der Waals surface area contributed by atoms with Crippen molar-refractivity contribution in [1.82, 2.24) is 4.90 Å². The molecule has 2 saturated heterocycles. The van der Waals surface area contributed by atoms with E-state index in [0.717, 1.165) is 11.5 Å². The van der Waals surface area contributed by atoms with E-state index in [-0.39, 0.29) is 0 Å². The Morgan fingerprint density at radius 2 is 1.17 bits per heavy atom. The topological polar surface area (TPSA) is 21.7 Å². The second kappa shape index (κ2) is 6.48. The molecule has 0 bridgehead atoms. The average molecular weight is 323 g/mol. The summed E-state index contributed by atoms with van der Waals surface area (Å²) in [6.07, 6.45) is 4.95. The second-order valence-electron chi connectivity index (χ2n) is 6.77. The molecule has 2 heterocycles. The average Bonchev–Trinajstić information content (AvgIpc) is 3.23. The van der Waals surface area contributed by atoms with Gasteiger partial charge in [-0.15, -0.1) is 0 Å². The van der Waals surface area contributed by atoms with E-state index in [1.807, 2.05) is 0 Å². The summed E-state index contributed by atoms with van der Waals surface area (Å²) in [5, 5.41) is 0. The Hall–Kier alpha value is -2.00. The lowest BCUT2D eigenvalue weighted by Gasteiger charge is -2.32. The van der Waals surface area contributed by atoms with E-state index in [1.54, 1.807) is 14.2 Å². The number of nitrogens with zero attached hydrogens (tertiary/aromatic N) is 1. The third-order valence-electron chi connectivity index (χ3n) is 5.68. The number of fused-ring (bicyclic) bond motifs is 1. The van der Waals surface area contributed by atoms with Crippen LogP contribution in [0.1, 0.15) is 48.9 Å². The van der Waals surface area contributed by atoms with Crippen LogP contribution >= 0.6 is 0 Å². The Labute approximate surface area is 144 Å². The lowest BCUT2D eigenvalue weighted by atomic mass is 9.97. The minimum atomic E-state index is 0.434. The molecule has 3 nitrogen and oxygen atoms in total. The van der Waals surface area contributed by atoms with E-state index in [4.69, 9.17) is 9.47 Å². The Kier molecular flexibility index (Phi) is 4.19. The maximum atomic E-state index is 5.64. The maximum Gasteiger partial charge on any atom is 0.123 e. The molecule has 0 N–H and O–H groups in total. The molecule has 3 heteroatoms. The number of methoxy groups -OCH3 is 2. The lowest BCUT2D eigenvalue weighted by molar-refractivity contribution is 0.177. The molecule has 0 spiro atoms. The van der Waals surface area contributed by atoms with Crippen LogP contribution in [0, 0.1) is 0 Å². The van der Waals surface area contributed by atoms with Crippen molar-refractivity contribution in [2.24, 2.45) is 0 Å². The molecular formula is C21H25NO2. The molecule has 0 unspecified atom stereocenters. The largest absolute Gasteiger partial charge is 0.496 e. The molecule has 2 aromatic carbocycles. The van der Waals surface area contributed by atoms with Crippen molar-refractivity contribution < 1.29 is 9.47 Å². The molecule has 0 radical (unpaired) electrons. The highest BCUT2D eigenvalue weighted by Gasteiger charge is 2.45. The molecular weight excluding hydrogens is 298 g/mol. The summed E-state index contributed by atoms with van der Waals surface area (Å²) in [6.45, 7) is 0. The predicted molar refractivity (Wildman–Crippen MR) is 95.6 cm³/mol. The highest BCUT2D eigenvalue weighted by Crippen LogP contribution is 2.52. The fourth-order valence-electron chi connectivity index (χ4n) is 4.68. The van der Waals surface area contributed by atoms with Crippen molar-refractivity contribution in [3.8, 4) is 11.5 Å². The highest BCUT2D eigenvalue weighted by atomic mass is 16.5. The zero-order chi connectivity index (χ0) is 16.5. The molecule has 0 saturated carbocycles. The van der Waals surface area contributed by atoms with E-state index in [1.165, 1.54) is 36.8 Å². The quantitative estimate of drug-likeness (QED) is 0.811. The third kappa shape index (κ3) is 2.48. The molecule has 2 aliphatic rings. The monoisotopic (exact) mass is 323 g/mol. The summed E-state index contributed by atoms with van der Waals surface area (Å²) < 4.78 is 11.3. The molecule has 0 amide bonds. The molecule has 2 atom stereocenters. The van der Waals surface area contributed by atoms with Crippen LogP contribution in [0.25, 0.3) is 0 Å². The van der Waals surface area contributed by atoms with Crippen LogP contribution < -0.4 is 9.47 Å². The SMILES string of the molecule is COc1ccccc1[C@@H]1CCC2CC[C@@H](c3ccccc3OC)N21. The van der Waals surface area contributed by atoms with Crippen molar-refractivity contribution in [1.29, 1.82) is 0 Å². The maximum absolute atomic E-state index is 5.64. The van der Waals surface area contributed by atoms with Crippen molar-refractivity contribution in [3.63, 3.8) is 0 Å². The first-order chi connectivity index (χ1) is 11.8. The summed E-state index contributed by atoms with van der Waals surface area (Å²) in [6, 6.07) is 18.5. The van der Waals surface area contributed by atoms with E-state index in [9.17, 15) is 0 Å². The molecule has 0 aromatic heterocycles. The molecule has 2 aliphatic heterocycles. The van der Waals surface area contributed by atoms with Gasteiger partial charge in [-0.05, 0) is 37.8 Å². The van der Waals surface area contributed by atoms with Gasteiger partial charge in [0.2, 0.25) is 0 Å². The fraction of sp³-hybridized carbons (Fsp3) is 0.429. The Bertz CT molecular complexity index is 655. The van der Waals surface area contributed by atoms with Crippen LogP contribution in [0.4, 0.5) is 0 Å². The van der Waals surface area contributed by atoms with Gasteiger partial charge in [0, 0.05) is 29.3 Å². The van der Waals surface area contributed by atoms with Crippen LogP contribution in [0.3, 0.4) is 0 Å². The van der Waals surface area contributed by atoms with Crippen LogP contribution in [0.5, 0.6) is 11.5 Å². The number of para-hydroxylation sites is 2. The van der Waals surface area contributed by atoms with Gasteiger partial charge >= 0.3 is 0 Å². The molecule has 4 rings (SSSR count). The Morgan fingerprint density at radius 1 is 0.708 bits per heavy atom. The van der Waals surface area contributed by atoms with Gasteiger partial charge in [-0.3, -0.25) is 4.90 Å². The Morgan fingerprint density at radius 3 is 1.62 bits per heavy atom. The second-order valence-corrected chi connectivity index (χ2v) is 6.77. The van der Waals surface area contributed by atoms with Crippen molar-refractivity contribution in [3.05, 3.63) is 59.7 Å². The first-order valence-corrected chi connectivity index (χ1v) is 8.86. The molecule has 2 aromatic rings. The molecule has 126 valence electrons. The van der Waals surface area contributed by atoms with Gasteiger partial charge in [-0.25, -0.2) is 0 Å². The smallest absolute Gasteiger partial charge is 0.123 e. The van der Waals surface area contributed by atoms with Gasteiger partial charge in [0.05, 0.1) is 14.2 Å². The van der Waals surface area contributed by atoms with Crippen molar-refractivity contribution >= 4 is 0 Å². The number of hydrogen-bond donors (Lipinski definition) is 0. The minimum Gasteiger partial charge on any atom is -0.496 e. The zero-order valence-corrected chi connectivity index (χ0v) is 14.4. The summed E-state index contributed by atoms with van der Waals surface area (Å²) in [7, 11) is 3.54. The first kappa shape index (κ1) is 15.5. The minimum absolute atomic E-state index is 0.434. The first-order valence-electron chi connectivity index (χ1n) is 8.86. The molecule has 0 aliphatic carbocycles. The normalized spacial score (nSPS) is 24.1. The van der Waals surface area contributed by atoms with Crippen molar-refractivity contribution in [2.75, 3.05) is 14.2 Å². The summed E-state index contributed by atoms with van der Waals surface area (Å²) in [4.78, 5) is 2.72. The third-order valence-corrected chi connectivity index (χ3v) is 5.68. The lowest BCUT2D eigenvalue weighted by Crippen LogP contribution is -2.29. The zero-order valence-electron chi connectivity index (χ0n) is 14.4. The van der Waals surface area contributed by atoms with E-state index >= 15 is 0 Å². The van der Waals surface area contributed by atoms with E-state index < -0.39 is 0 Å². The number of rotatable bonds is 4. The van der Waals surface area contributed by atoms with Crippen LogP contribution in [0.2, 0.25) is 0 Å². The molecule has 24 heavy (non-hydrogen) atoms. The predicted octanol–water partition coefficient (Wildman–Crippen LogP) is 4.74. The molecule has 2 fully saturated rings. The fourth-order valence-corrected chi connectivity index (χ4v) is 4.68. The van der Waals surface area contributed by atoms with Crippen LogP contribution in [-0.4, -0.2) is 25.2 Å². The summed E-state index contributed by atoms with van der Waals surface area (Å²) in [5.41, 5.74) is 2.65. The van der Waals surface area contributed by atoms with Gasteiger partial charge in [0.25, 0.3) is 0 Å². The van der Waals surface area contributed by atoms with Gasteiger partial charge in [-0.1, -0.05) is 36.4 Å². The van der Waals surface area contributed by atoms with Crippen LogP contribution in [0.15, 0.2) is 48.5 Å². The highest BCUT2D eigenvalue weighted by molar-refractivity contribution is 5.40. The van der Waals surface area contributed by atoms with Gasteiger partial charge in [-0.2, -0.15) is 0 Å². The van der Waals surface area contributed by atoms with Gasteiger partial charge in [0.15, 0.2) is 0 Å². The number of hydrogen-bond acceptors (Lipinski definition) is 3. The van der Waals surface area contributed by atoms with E-state index in [0.29, 0.717) is 18.1 Å². The number of ether oxygens (including phenoxy) is 2. The van der Waals surface area contributed by atoms with Crippen molar-refractivity contribution in [2.45, 2.75) is 43.8 Å². The summed E-state index contributed by atoms with van der Waals surface area (Å²) >= 11 is 0.